The normalized spacial score (nSPS) is 18.6. The third-order valence-electron chi connectivity index (χ3n) is 10.1. The van der Waals surface area contributed by atoms with Gasteiger partial charge in [-0.2, -0.15) is 10.5 Å². The summed E-state index contributed by atoms with van der Waals surface area (Å²) < 4.78 is 25.8. The van der Waals surface area contributed by atoms with Gasteiger partial charge in [-0.25, -0.2) is 4.99 Å². The van der Waals surface area contributed by atoms with Gasteiger partial charge >= 0.3 is 8.60 Å². The van der Waals surface area contributed by atoms with Crippen LogP contribution in [0.1, 0.15) is 171 Å². The van der Waals surface area contributed by atoms with Crippen molar-refractivity contribution in [3.63, 3.8) is 0 Å². The van der Waals surface area contributed by atoms with E-state index in [0.29, 0.717) is 35.9 Å². The number of nitriles is 2. The van der Waals surface area contributed by atoms with E-state index in [9.17, 15) is 15.4 Å². The Labute approximate surface area is 352 Å². The molecule has 15 heteroatoms. The molecule has 0 aliphatic carbocycles. The first-order valence-electron chi connectivity index (χ1n) is 21.2. The van der Waals surface area contributed by atoms with Gasteiger partial charge in [0.25, 0.3) is 0 Å². The predicted octanol–water partition coefficient (Wildman–Crippen LogP) is 9.54. The van der Waals surface area contributed by atoms with Crippen LogP contribution in [-0.2, 0) is 25.1 Å². The summed E-state index contributed by atoms with van der Waals surface area (Å²) in [4.78, 5) is 14.9. The zero-order valence-corrected chi connectivity index (χ0v) is 36.6. The van der Waals surface area contributed by atoms with Gasteiger partial charge in [-0.3, -0.25) is 4.68 Å². The first kappa shape index (κ1) is 49.6. The number of fused-ring (bicyclic) bond motifs is 1. The Balaban J connectivity index is 0.00000169. The number of benzene rings is 1. The highest BCUT2D eigenvalue weighted by molar-refractivity contribution is 7.40. The summed E-state index contributed by atoms with van der Waals surface area (Å²) in [5, 5.41) is 36.1. The molecule has 324 valence electrons. The van der Waals surface area contributed by atoms with Crippen molar-refractivity contribution in [2.45, 2.75) is 173 Å². The highest BCUT2D eigenvalue weighted by Crippen LogP contribution is 2.43. The Hall–Kier alpha value is -2.81. The number of aliphatic hydroxyl groups is 2. The van der Waals surface area contributed by atoms with Crippen molar-refractivity contribution in [2.75, 3.05) is 25.3 Å². The summed E-state index contributed by atoms with van der Waals surface area (Å²) in [5.74, 6) is -1.05. The quantitative estimate of drug-likeness (QED) is 0.0326. The summed E-state index contributed by atoms with van der Waals surface area (Å²) >= 11 is 6.22. The minimum Gasteiger partial charge on any atom is -0.382 e. The number of hydrogen-bond donors (Lipinski definition) is 5. The van der Waals surface area contributed by atoms with Gasteiger partial charge in [-0.05, 0) is 69.0 Å². The van der Waals surface area contributed by atoms with E-state index in [2.05, 4.69) is 29.5 Å². The number of aromatic nitrogens is 1. The van der Waals surface area contributed by atoms with Crippen molar-refractivity contribution in [3.8, 4) is 12.1 Å². The highest BCUT2D eigenvalue weighted by atomic mass is 35.5. The van der Waals surface area contributed by atoms with Crippen molar-refractivity contribution in [2.24, 2.45) is 10.7 Å². The Morgan fingerprint density at radius 1 is 0.983 bits per heavy atom. The van der Waals surface area contributed by atoms with Gasteiger partial charge in [-0.1, -0.05) is 121 Å². The SMILES string of the molecule is CC(C)(O)O.CCCCCCCCCCCCCCCCCCC(COP(O)OCC1(C#N)CCC(c2ccc3n2NCN=C3N)O1)OCc1cc(Cl)cc(C#N)c1. The third kappa shape index (κ3) is 19.5. The molecule has 4 rings (SSSR count). The molecule has 0 radical (unpaired) electrons. The number of unbranched alkanes of at least 4 members (excludes halogenated alkanes) is 15. The molecule has 13 nitrogen and oxygen atoms in total. The average Bonchev–Trinajstić information content (AvgIpc) is 3.82. The molecule has 1 saturated heterocycles. The van der Waals surface area contributed by atoms with E-state index >= 15 is 0 Å². The second-order valence-electron chi connectivity index (χ2n) is 15.9. The standard InChI is InChI=1S/C40H60ClN6O5P.C3H8O2/c1-2-3-4-5-6-7-8-9-10-11-12-13-14-15-16-17-18-35(49-27-33-23-32(26-42)24-34(41)25-33)28-50-53(48)51-30-40(29-43)22-21-38(52-40)36-19-20-37-39(44)45-31-46-47(36)37;1-3(2,4)5/h19-20,23-25,35,38,46,48H,2-18,21-22,27-28,30-31H2,1H3,(H2,44,45);4-5H,1-2H3. The number of nitrogens with one attached hydrogen (secondary N) is 1. The summed E-state index contributed by atoms with van der Waals surface area (Å²) in [7, 11) is -2.28. The van der Waals surface area contributed by atoms with Crippen LogP contribution in [0.4, 0.5) is 0 Å². The minimum absolute atomic E-state index is 0.126. The lowest BCUT2D eigenvalue weighted by Gasteiger charge is -2.25. The van der Waals surface area contributed by atoms with Crippen LogP contribution < -0.4 is 11.2 Å². The fourth-order valence-electron chi connectivity index (χ4n) is 7.03. The van der Waals surface area contributed by atoms with Crippen LogP contribution in [0, 0.1) is 22.7 Å². The molecule has 4 unspecified atom stereocenters. The first-order chi connectivity index (χ1) is 27.9. The van der Waals surface area contributed by atoms with Crippen molar-refractivity contribution in [1.29, 1.82) is 10.5 Å². The van der Waals surface area contributed by atoms with Crippen molar-refractivity contribution in [1.82, 2.24) is 4.68 Å². The molecule has 4 atom stereocenters. The second kappa shape index (κ2) is 27.1. The molecule has 0 saturated carbocycles. The summed E-state index contributed by atoms with van der Waals surface area (Å²) in [5.41, 5.74) is 10.9. The third-order valence-corrected chi connectivity index (χ3v) is 11.0. The lowest BCUT2D eigenvalue weighted by Crippen LogP contribution is -2.34. The van der Waals surface area contributed by atoms with Crippen LogP contribution in [0.5, 0.6) is 0 Å². The number of amidine groups is 1. The fourth-order valence-corrected chi connectivity index (χ4v) is 7.97. The van der Waals surface area contributed by atoms with Crippen molar-refractivity contribution in [3.05, 3.63) is 57.9 Å². The average molecular weight is 847 g/mol. The molecule has 1 fully saturated rings. The van der Waals surface area contributed by atoms with Gasteiger partial charge in [0.05, 0.1) is 43.3 Å². The molecule has 1 aromatic carbocycles. The van der Waals surface area contributed by atoms with Gasteiger partial charge < -0.3 is 44.8 Å². The van der Waals surface area contributed by atoms with Crippen LogP contribution in [0.2, 0.25) is 5.02 Å². The van der Waals surface area contributed by atoms with Gasteiger partial charge in [0.1, 0.15) is 30.4 Å². The Morgan fingerprint density at radius 2 is 1.59 bits per heavy atom. The number of aliphatic imine (C=N–C) groups is 1. The summed E-state index contributed by atoms with van der Waals surface area (Å²) in [6, 6.07) is 13.4. The molecule has 0 spiro atoms. The van der Waals surface area contributed by atoms with Crippen LogP contribution in [0.25, 0.3) is 0 Å². The molecule has 0 bridgehead atoms. The lowest BCUT2D eigenvalue weighted by atomic mass is 10.0. The van der Waals surface area contributed by atoms with E-state index in [1.807, 2.05) is 16.8 Å². The number of nitrogens with zero attached hydrogens (tertiary/aromatic N) is 4. The zero-order valence-electron chi connectivity index (χ0n) is 35.0. The first-order valence-corrected chi connectivity index (χ1v) is 22.7. The van der Waals surface area contributed by atoms with Crippen LogP contribution >= 0.6 is 20.2 Å². The molecule has 0 amide bonds. The molecular formula is C43H68ClN6O7P. The molecule has 6 N–H and O–H groups in total. The number of nitrogens with two attached hydrogens (primary N) is 1. The molecule has 58 heavy (non-hydrogen) atoms. The second-order valence-corrected chi connectivity index (χ2v) is 17.3. The Morgan fingerprint density at radius 3 is 2.17 bits per heavy atom. The van der Waals surface area contributed by atoms with E-state index in [1.165, 1.54) is 104 Å². The topological polar surface area (TPSA) is 201 Å². The van der Waals surface area contributed by atoms with Crippen LogP contribution in [0.15, 0.2) is 35.3 Å². The van der Waals surface area contributed by atoms with E-state index < -0.39 is 20.0 Å². The zero-order chi connectivity index (χ0) is 42.2. The molecule has 2 aliphatic rings. The van der Waals surface area contributed by atoms with Gasteiger partial charge in [0.2, 0.25) is 0 Å². The highest BCUT2D eigenvalue weighted by Gasteiger charge is 2.43. The van der Waals surface area contributed by atoms with Crippen LogP contribution in [-0.4, -0.2) is 63.0 Å². The molecular weight excluding hydrogens is 779 g/mol. The van der Waals surface area contributed by atoms with E-state index in [-0.39, 0.29) is 32.0 Å². The van der Waals surface area contributed by atoms with Gasteiger partial charge in [0.15, 0.2) is 11.4 Å². The van der Waals surface area contributed by atoms with E-state index in [1.54, 1.807) is 18.2 Å². The number of halogens is 1. The van der Waals surface area contributed by atoms with E-state index in [0.717, 1.165) is 36.2 Å². The van der Waals surface area contributed by atoms with E-state index in [4.69, 9.17) is 46.1 Å². The van der Waals surface area contributed by atoms with Gasteiger partial charge in [0, 0.05) is 5.02 Å². The Bertz CT molecular complexity index is 1590. The maximum Gasteiger partial charge on any atom is 0.330 e. The van der Waals surface area contributed by atoms with Crippen molar-refractivity contribution < 1.29 is 33.6 Å². The summed E-state index contributed by atoms with van der Waals surface area (Å²) in [6.45, 7) is 5.48. The number of rotatable bonds is 27. The smallest absolute Gasteiger partial charge is 0.330 e. The molecule has 1 aromatic heterocycles. The molecule has 3 heterocycles. The molecule has 2 aromatic rings. The minimum atomic E-state index is -2.28. The maximum atomic E-state index is 10.7. The monoisotopic (exact) mass is 846 g/mol. The lowest BCUT2D eigenvalue weighted by molar-refractivity contribution is -0.127. The van der Waals surface area contributed by atoms with Crippen molar-refractivity contribution >= 4 is 26.0 Å². The number of ether oxygens (including phenoxy) is 2. The maximum absolute atomic E-state index is 10.7. The Kier molecular flexibility index (Phi) is 23.2. The fraction of sp³-hybridized carbons (Fsp3) is 0.698. The largest absolute Gasteiger partial charge is 0.382 e. The number of hydrogen-bond acceptors (Lipinski definition) is 12. The molecule has 2 aliphatic heterocycles. The van der Waals surface area contributed by atoms with Crippen LogP contribution in [0.3, 0.4) is 0 Å². The predicted molar refractivity (Wildman–Crippen MR) is 229 cm³/mol. The van der Waals surface area contributed by atoms with Gasteiger partial charge in [-0.15, -0.1) is 0 Å². The summed E-state index contributed by atoms with van der Waals surface area (Å²) in [6.07, 6.45) is 22.0.